The van der Waals surface area contributed by atoms with Crippen molar-refractivity contribution in [2.24, 2.45) is 0 Å². The third-order valence-electron chi connectivity index (χ3n) is 5.39. The van der Waals surface area contributed by atoms with Crippen LogP contribution >= 0.6 is 0 Å². The normalized spacial score (nSPS) is 11.5. The number of benzene rings is 3. The van der Waals surface area contributed by atoms with Crippen molar-refractivity contribution in [3.63, 3.8) is 0 Å². The van der Waals surface area contributed by atoms with Gasteiger partial charge in [0, 0.05) is 24.3 Å². The summed E-state index contributed by atoms with van der Waals surface area (Å²) in [7, 11) is -3.84. The standard InChI is InChI=1S/C25H25N3O5S/c1-17-7-5-8-20(15-17)27-34(31,32)23-16-19(13-12-18(23)2)26-24(29)11-6-14-28-21-9-3-4-10-22(21)33-25(28)30/h3-5,7-10,12-13,15-16,27H,6,11,14H2,1-2H3,(H,26,29). The highest BCUT2D eigenvalue weighted by atomic mass is 32.2. The lowest BCUT2D eigenvalue weighted by Crippen LogP contribution is -2.18. The summed E-state index contributed by atoms with van der Waals surface area (Å²) >= 11 is 0. The summed E-state index contributed by atoms with van der Waals surface area (Å²) in [6, 6.07) is 18.9. The molecule has 9 heteroatoms. The Kier molecular flexibility index (Phi) is 6.56. The van der Waals surface area contributed by atoms with Gasteiger partial charge in [-0.15, -0.1) is 0 Å². The number of aromatic nitrogens is 1. The van der Waals surface area contributed by atoms with Gasteiger partial charge in [0.2, 0.25) is 5.91 Å². The van der Waals surface area contributed by atoms with Gasteiger partial charge in [0.1, 0.15) is 0 Å². The molecule has 176 valence electrons. The summed E-state index contributed by atoms with van der Waals surface area (Å²) in [5.74, 6) is -0.740. The Hall–Kier alpha value is -3.85. The van der Waals surface area contributed by atoms with E-state index < -0.39 is 15.8 Å². The van der Waals surface area contributed by atoms with Gasteiger partial charge in [-0.3, -0.25) is 14.1 Å². The third kappa shape index (κ3) is 5.20. The lowest BCUT2D eigenvalue weighted by molar-refractivity contribution is -0.116. The minimum absolute atomic E-state index is 0.0863. The number of oxazole rings is 1. The molecule has 1 heterocycles. The Bertz CT molecular complexity index is 1520. The lowest BCUT2D eigenvalue weighted by atomic mass is 10.2. The van der Waals surface area contributed by atoms with E-state index in [1.807, 2.05) is 19.1 Å². The number of carbonyl (C=O) groups is 1. The zero-order valence-electron chi connectivity index (χ0n) is 18.9. The van der Waals surface area contributed by atoms with Crippen LogP contribution in [0.4, 0.5) is 11.4 Å². The van der Waals surface area contributed by atoms with E-state index in [-0.39, 0.29) is 17.2 Å². The second kappa shape index (κ2) is 9.56. The molecule has 0 saturated heterocycles. The van der Waals surface area contributed by atoms with Gasteiger partial charge < -0.3 is 9.73 Å². The molecule has 0 radical (unpaired) electrons. The number of amides is 1. The molecule has 0 bridgehead atoms. The predicted molar refractivity (Wildman–Crippen MR) is 132 cm³/mol. The van der Waals surface area contributed by atoms with Crippen LogP contribution in [0.1, 0.15) is 24.0 Å². The summed E-state index contributed by atoms with van der Waals surface area (Å²) < 4.78 is 35.2. The average Bonchev–Trinajstić information content (AvgIpc) is 3.10. The molecule has 0 aliphatic carbocycles. The van der Waals surface area contributed by atoms with Crippen molar-refractivity contribution in [1.82, 2.24) is 4.57 Å². The number of anilines is 2. The van der Waals surface area contributed by atoms with Gasteiger partial charge in [-0.2, -0.15) is 0 Å². The zero-order valence-corrected chi connectivity index (χ0v) is 19.7. The SMILES string of the molecule is Cc1cccc(NS(=O)(=O)c2cc(NC(=O)CCCn3c(=O)oc4ccccc43)ccc2C)c1. The first kappa shape index (κ1) is 23.3. The van der Waals surface area contributed by atoms with E-state index in [9.17, 15) is 18.0 Å². The number of rotatable bonds is 8. The van der Waals surface area contributed by atoms with E-state index >= 15 is 0 Å². The van der Waals surface area contributed by atoms with E-state index in [4.69, 9.17) is 4.42 Å². The Morgan fingerprint density at radius 1 is 0.971 bits per heavy atom. The molecule has 34 heavy (non-hydrogen) atoms. The molecule has 0 saturated carbocycles. The molecule has 0 aliphatic heterocycles. The van der Waals surface area contributed by atoms with E-state index in [1.54, 1.807) is 55.5 Å². The molecule has 2 N–H and O–H groups in total. The van der Waals surface area contributed by atoms with Crippen LogP contribution < -0.4 is 15.8 Å². The van der Waals surface area contributed by atoms with Crippen molar-refractivity contribution in [3.05, 3.63) is 88.4 Å². The summed E-state index contributed by atoms with van der Waals surface area (Å²) in [6.07, 6.45) is 0.574. The van der Waals surface area contributed by atoms with Crippen LogP contribution in [0.2, 0.25) is 0 Å². The topological polar surface area (TPSA) is 110 Å². The van der Waals surface area contributed by atoms with Crippen molar-refractivity contribution in [2.45, 2.75) is 38.1 Å². The van der Waals surface area contributed by atoms with Crippen molar-refractivity contribution >= 4 is 38.4 Å². The fraction of sp³-hybridized carbons (Fsp3) is 0.200. The molecule has 0 fully saturated rings. The number of nitrogens with one attached hydrogen (secondary N) is 2. The van der Waals surface area contributed by atoms with Gasteiger partial charge in [-0.1, -0.05) is 30.3 Å². The number of hydrogen-bond acceptors (Lipinski definition) is 5. The number of aryl methyl sites for hydroxylation is 3. The minimum Gasteiger partial charge on any atom is -0.408 e. The molecule has 1 aromatic heterocycles. The second-order valence-corrected chi connectivity index (χ2v) is 9.75. The van der Waals surface area contributed by atoms with E-state index in [1.165, 1.54) is 10.6 Å². The average molecular weight is 480 g/mol. The summed E-state index contributed by atoms with van der Waals surface area (Å²) in [5.41, 5.74) is 3.53. The molecule has 1 amide bonds. The van der Waals surface area contributed by atoms with Gasteiger partial charge in [0.05, 0.1) is 10.4 Å². The minimum atomic E-state index is -3.84. The van der Waals surface area contributed by atoms with E-state index in [0.717, 1.165) is 5.56 Å². The zero-order chi connectivity index (χ0) is 24.3. The highest BCUT2D eigenvalue weighted by molar-refractivity contribution is 7.92. The number of hydrogen-bond donors (Lipinski definition) is 2. The van der Waals surface area contributed by atoms with Crippen molar-refractivity contribution < 1.29 is 17.6 Å². The molecule has 4 rings (SSSR count). The maximum Gasteiger partial charge on any atom is 0.419 e. The Balaban J connectivity index is 1.42. The Morgan fingerprint density at radius 3 is 2.56 bits per heavy atom. The molecule has 0 aliphatic rings. The van der Waals surface area contributed by atoms with E-state index in [2.05, 4.69) is 10.0 Å². The van der Waals surface area contributed by atoms with Gasteiger partial charge in [0.15, 0.2) is 5.58 Å². The van der Waals surface area contributed by atoms with Crippen LogP contribution in [0.3, 0.4) is 0 Å². The molecule has 3 aromatic carbocycles. The first-order valence-corrected chi connectivity index (χ1v) is 12.3. The first-order valence-electron chi connectivity index (χ1n) is 10.8. The molecular formula is C25H25N3O5S. The molecule has 8 nitrogen and oxygen atoms in total. The van der Waals surface area contributed by atoms with Crippen LogP contribution in [0.15, 0.2) is 80.8 Å². The summed E-state index contributed by atoms with van der Waals surface area (Å²) in [5, 5.41) is 2.74. The van der Waals surface area contributed by atoms with Gasteiger partial charge in [-0.05, 0) is 67.8 Å². The largest absolute Gasteiger partial charge is 0.419 e. The van der Waals surface area contributed by atoms with Gasteiger partial charge in [0.25, 0.3) is 10.0 Å². The smallest absolute Gasteiger partial charge is 0.408 e. The van der Waals surface area contributed by atoms with Crippen molar-refractivity contribution in [1.29, 1.82) is 0 Å². The molecule has 0 unspecified atom stereocenters. The number of nitrogens with zero attached hydrogens (tertiary/aromatic N) is 1. The highest BCUT2D eigenvalue weighted by Crippen LogP contribution is 2.23. The summed E-state index contributed by atoms with van der Waals surface area (Å²) in [6.45, 7) is 3.91. The number of sulfonamides is 1. The third-order valence-corrected chi connectivity index (χ3v) is 6.91. The summed E-state index contributed by atoms with van der Waals surface area (Å²) in [4.78, 5) is 24.6. The molecule has 0 spiro atoms. The quantitative estimate of drug-likeness (QED) is 0.388. The molecule has 4 aromatic rings. The maximum atomic E-state index is 12.9. The lowest BCUT2D eigenvalue weighted by Gasteiger charge is -2.13. The van der Waals surface area contributed by atoms with Crippen LogP contribution in [-0.2, 0) is 21.4 Å². The van der Waals surface area contributed by atoms with Crippen LogP contribution in [0, 0.1) is 13.8 Å². The molecular weight excluding hydrogens is 454 g/mol. The van der Waals surface area contributed by atoms with Crippen LogP contribution in [0.25, 0.3) is 11.1 Å². The predicted octanol–water partition coefficient (Wildman–Crippen LogP) is 4.43. The highest BCUT2D eigenvalue weighted by Gasteiger charge is 2.18. The Morgan fingerprint density at radius 2 is 1.76 bits per heavy atom. The van der Waals surface area contributed by atoms with Crippen LogP contribution in [-0.4, -0.2) is 18.9 Å². The van der Waals surface area contributed by atoms with Crippen molar-refractivity contribution in [2.75, 3.05) is 10.0 Å². The van der Waals surface area contributed by atoms with Crippen LogP contribution in [0.5, 0.6) is 0 Å². The van der Waals surface area contributed by atoms with Gasteiger partial charge >= 0.3 is 5.76 Å². The number of para-hydroxylation sites is 2. The molecule has 0 atom stereocenters. The first-order chi connectivity index (χ1) is 16.2. The Labute approximate surface area is 197 Å². The van der Waals surface area contributed by atoms with Gasteiger partial charge in [-0.25, -0.2) is 13.2 Å². The second-order valence-electron chi connectivity index (χ2n) is 8.09. The fourth-order valence-corrected chi connectivity index (χ4v) is 5.05. The maximum absolute atomic E-state index is 12.9. The number of carbonyl (C=O) groups excluding carboxylic acids is 1. The monoisotopic (exact) mass is 479 g/mol. The van der Waals surface area contributed by atoms with Crippen molar-refractivity contribution in [3.8, 4) is 0 Å². The van der Waals surface area contributed by atoms with E-state index in [0.29, 0.717) is 41.0 Å². The number of fused-ring (bicyclic) bond motifs is 1. The fourth-order valence-electron chi connectivity index (χ4n) is 3.73.